The summed E-state index contributed by atoms with van der Waals surface area (Å²) in [5.74, 6) is -1.98. The molecule has 0 fully saturated rings. The molecule has 2 heterocycles. The molecule has 3 rings (SSSR count). The van der Waals surface area contributed by atoms with Crippen molar-refractivity contribution in [2.24, 2.45) is 7.05 Å². The van der Waals surface area contributed by atoms with Crippen molar-refractivity contribution in [3.05, 3.63) is 53.9 Å². The molecule has 0 radical (unpaired) electrons. The zero-order valence-corrected chi connectivity index (χ0v) is 17.8. The Balaban J connectivity index is 0.000000479. The quantitative estimate of drug-likeness (QED) is 0.553. The van der Waals surface area contributed by atoms with E-state index >= 15 is 0 Å². The van der Waals surface area contributed by atoms with E-state index in [2.05, 4.69) is 20.5 Å². The number of benzene rings is 1. The molecule has 1 aromatic carbocycles. The van der Waals surface area contributed by atoms with Gasteiger partial charge >= 0.3 is 18.2 Å². The van der Waals surface area contributed by atoms with Crippen LogP contribution in [0.3, 0.4) is 0 Å². The number of anilines is 1. The van der Waals surface area contributed by atoms with Crippen LogP contribution in [0.5, 0.6) is 0 Å². The summed E-state index contributed by atoms with van der Waals surface area (Å²) in [6.45, 7) is 2.33. The third-order valence-electron chi connectivity index (χ3n) is 4.12. The van der Waals surface area contributed by atoms with E-state index in [-0.39, 0.29) is 17.8 Å². The lowest BCUT2D eigenvalue weighted by Crippen LogP contribution is -2.31. The number of nitrogens with zero attached hydrogens (tertiary/aromatic N) is 6. The van der Waals surface area contributed by atoms with Crippen LogP contribution in [0.1, 0.15) is 18.3 Å². The molecule has 0 aliphatic heterocycles. The number of aryl methyl sites for hydroxylation is 2. The van der Waals surface area contributed by atoms with Crippen LogP contribution >= 0.6 is 0 Å². The highest BCUT2D eigenvalue weighted by Gasteiger charge is 2.38. The minimum atomic E-state index is -5.08. The third-order valence-corrected chi connectivity index (χ3v) is 4.12. The molecule has 2 amide bonds. The molecule has 0 spiro atoms. The van der Waals surface area contributed by atoms with Gasteiger partial charge in [0.2, 0.25) is 5.95 Å². The van der Waals surface area contributed by atoms with Gasteiger partial charge in [-0.1, -0.05) is 6.92 Å². The maximum Gasteiger partial charge on any atom is 0.490 e. The number of amides is 2. The van der Waals surface area contributed by atoms with Gasteiger partial charge < -0.3 is 10.0 Å². The summed E-state index contributed by atoms with van der Waals surface area (Å²) in [7, 11) is 3.46. The number of carboxylic acids is 1. The standard InChI is InChI=1S/C17H20FN7O.C2HF3O2/c1-4-15-20-16(22-24(15)3)21-17(26)23(2)10-12-9-19-25(11-12)14-7-5-13(18)6-8-14;3-2(4,5)1(6)7/h5-9,11H,4,10H2,1-3H3,(H,21,22,26);(H,6,7). The molecule has 3 aromatic rings. The van der Waals surface area contributed by atoms with Crippen molar-refractivity contribution in [2.45, 2.75) is 26.1 Å². The summed E-state index contributed by atoms with van der Waals surface area (Å²) >= 11 is 0. The molecule has 178 valence electrons. The molecular weight excluding hydrogens is 450 g/mol. The van der Waals surface area contributed by atoms with Crippen molar-refractivity contribution in [2.75, 3.05) is 12.4 Å². The fraction of sp³-hybridized carbons (Fsp3) is 0.316. The Morgan fingerprint density at radius 1 is 1.21 bits per heavy atom. The van der Waals surface area contributed by atoms with E-state index in [0.717, 1.165) is 23.5 Å². The molecule has 2 N–H and O–H groups in total. The number of rotatable bonds is 5. The Hall–Kier alpha value is -3.97. The first kappa shape index (κ1) is 25.3. The zero-order chi connectivity index (χ0) is 24.8. The van der Waals surface area contributed by atoms with Gasteiger partial charge in [0, 0.05) is 32.3 Å². The lowest BCUT2D eigenvalue weighted by atomic mass is 10.3. The Morgan fingerprint density at radius 3 is 2.33 bits per heavy atom. The molecule has 0 bridgehead atoms. The number of urea groups is 1. The number of hydrogen-bond donors (Lipinski definition) is 2. The number of carbonyl (C=O) groups excluding carboxylic acids is 1. The van der Waals surface area contributed by atoms with Gasteiger partial charge in [0.25, 0.3) is 0 Å². The average molecular weight is 471 g/mol. The number of aromatic nitrogens is 5. The summed E-state index contributed by atoms with van der Waals surface area (Å²) < 4.78 is 48.0. The third kappa shape index (κ3) is 7.29. The van der Waals surface area contributed by atoms with Gasteiger partial charge in [-0.3, -0.25) is 10.00 Å². The second-order valence-corrected chi connectivity index (χ2v) is 6.69. The van der Waals surface area contributed by atoms with E-state index in [0.29, 0.717) is 6.54 Å². The van der Waals surface area contributed by atoms with Crippen LogP contribution in [-0.2, 0) is 24.8 Å². The number of halogens is 4. The largest absolute Gasteiger partial charge is 0.490 e. The van der Waals surface area contributed by atoms with Gasteiger partial charge in [0.05, 0.1) is 18.4 Å². The van der Waals surface area contributed by atoms with Crippen LogP contribution < -0.4 is 5.32 Å². The first-order valence-corrected chi connectivity index (χ1v) is 9.42. The number of hydrogen-bond acceptors (Lipinski definition) is 5. The predicted molar refractivity (Wildman–Crippen MR) is 108 cm³/mol. The highest BCUT2D eigenvalue weighted by atomic mass is 19.4. The van der Waals surface area contributed by atoms with E-state index in [1.165, 1.54) is 17.0 Å². The maximum atomic E-state index is 13.0. The van der Waals surface area contributed by atoms with E-state index in [1.807, 2.05) is 6.92 Å². The van der Waals surface area contributed by atoms with Gasteiger partial charge in [-0.25, -0.2) is 18.7 Å². The van der Waals surface area contributed by atoms with E-state index in [9.17, 15) is 22.4 Å². The normalized spacial score (nSPS) is 10.9. The first-order valence-electron chi connectivity index (χ1n) is 9.42. The molecular formula is C19H21F4N7O3. The second-order valence-electron chi connectivity index (χ2n) is 6.69. The summed E-state index contributed by atoms with van der Waals surface area (Å²) in [4.78, 5) is 27.0. The fourth-order valence-electron chi connectivity index (χ4n) is 2.49. The number of aliphatic carboxylic acids is 1. The van der Waals surface area contributed by atoms with Crippen molar-refractivity contribution in [3.8, 4) is 5.69 Å². The smallest absolute Gasteiger partial charge is 0.475 e. The number of alkyl halides is 3. The van der Waals surface area contributed by atoms with Crippen LogP contribution in [-0.4, -0.2) is 59.8 Å². The SMILES string of the molecule is CCc1nc(NC(=O)N(C)Cc2cnn(-c3ccc(F)cc3)c2)nn1C.O=C(O)C(F)(F)F. The first-order chi connectivity index (χ1) is 15.4. The zero-order valence-electron chi connectivity index (χ0n) is 17.8. The van der Waals surface area contributed by atoms with Gasteiger partial charge in [-0.2, -0.15) is 23.3 Å². The van der Waals surface area contributed by atoms with Crippen LogP contribution in [0.15, 0.2) is 36.7 Å². The molecule has 0 saturated heterocycles. The molecule has 33 heavy (non-hydrogen) atoms. The summed E-state index contributed by atoms with van der Waals surface area (Å²) in [6.07, 6.45) is -0.885. The molecule has 14 heteroatoms. The van der Waals surface area contributed by atoms with Gasteiger partial charge in [0.1, 0.15) is 11.6 Å². The topological polar surface area (TPSA) is 118 Å². The van der Waals surface area contributed by atoms with Crippen LogP contribution in [0.25, 0.3) is 5.69 Å². The Labute approximate surface area is 185 Å². The lowest BCUT2D eigenvalue weighted by Gasteiger charge is -2.15. The molecule has 0 atom stereocenters. The van der Waals surface area contributed by atoms with Crippen molar-refractivity contribution >= 4 is 17.9 Å². The minimum Gasteiger partial charge on any atom is -0.475 e. The average Bonchev–Trinajstić information content (AvgIpc) is 3.34. The number of carbonyl (C=O) groups is 2. The molecule has 2 aromatic heterocycles. The van der Waals surface area contributed by atoms with Crippen molar-refractivity contribution in [1.82, 2.24) is 29.4 Å². The van der Waals surface area contributed by atoms with Crippen LogP contribution in [0.4, 0.5) is 28.3 Å². The fourth-order valence-corrected chi connectivity index (χ4v) is 2.49. The van der Waals surface area contributed by atoms with E-state index in [4.69, 9.17) is 9.90 Å². The van der Waals surface area contributed by atoms with E-state index < -0.39 is 12.1 Å². The van der Waals surface area contributed by atoms with Crippen molar-refractivity contribution < 1.29 is 32.3 Å². The molecule has 10 nitrogen and oxygen atoms in total. The van der Waals surface area contributed by atoms with Crippen molar-refractivity contribution in [1.29, 1.82) is 0 Å². The monoisotopic (exact) mass is 471 g/mol. The Bertz CT molecular complexity index is 1090. The van der Waals surface area contributed by atoms with Gasteiger partial charge in [0.15, 0.2) is 0 Å². The summed E-state index contributed by atoms with van der Waals surface area (Å²) in [5, 5.41) is 18.2. The number of carboxylic acid groups (broad SMARTS) is 1. The number of nitrogens with one attached hydrogen (secondary N) is 1. The summed E-state index contributed by atoms with van der Waals surface area (Å²) in [5.41, 5.74) is 1.59. The van der Waals surface area contributed by atoms with E-state index in [1.54, 1.807) is 48.0 Å². The molecule has 0 saturated carbocycles. The van der Waals surface area contributed by atoms with Crippen LogP contribution in [0.2, 0.25) is 0 Å². The van der Waals surface area contributed by atoms with Crippen LogP contribution in [0, 0.1) is 5.82 Å². The molecule has 0 aliphatic carbocycles. The predicted octanol–water partition coefficient (Wildman–Crippen LogP) is 3.00. The highest BCUT2D eigenvalue weighted by Crippen LogP contribution is 2.13. The molecule has 0 aliphatic rings. The summed E-state index contributed by atoms with van der Waals surface area (Å²) in [6, 6.07) is 5.72. The maximum absolute atomic E-state index is 13.0. The minimum absolute atomic E-state index is 0.281. The Kier molecular flexibility index (Phi) is 8.10. The lowest BCUT2D eigenvalue weighted by molar-refractivity contribution is -0.192. The van der Waals surface area contributed by atoms with Gasteiger partial charge in [-0.05, 0) is 24.3 Å². The van der Waals surface area contributed by atoms with Crippen molar-refractivity contribution in [3.63, 3.8) is 0 Å². The molecule has 0 unspecified atom stereocenters. The second kappa shape index (κ2) is 10.6. The highest BCUT2D eigenvalue weighted by molar-refractivity contribution is 5.87. The Morgan fingerprint density at radius 2 is 1.82 bits per heavy atom. The van der Waals surface area contributed by atoms with Gasteiger partial charge in [-0.15, -0.1) is 5.10 Å².